The van der Waals surface area contributed by atoms with E-state index >= 15 is 0 Å². The van der Waals surface area contributed by atoms with Crippen molar-refractivity contribution < 1.29 is 0 Å². The van der Waals surface area contributed by atoms with Gasteiger partial charge >= 0.3 is 0 Å². The van der Waals surface area contributed by atoms with Crippen LogP contribution in [0.1, 0.15) is 12.5 Å². The number of hydrogen-bond donors (Lipinski definition) is 1. The van der Waals surface area contributed by atoms with Crippen molar-refractivity contribution >= 4 is 12.4 Å². The maximum absolute atomic E-state index is 5.62. The van der Waals surface area contributed by atoms with Crippen LogP contribution in [0.25, 0.3) is 0 Å². The van der Waals surface area contributed by atoms with E-state index in [0.29, 0.717) is 0 Å². The molecular formula is C9H14ClN. The molecule has 0 spiro atoms. The number of nitrogens with two attached hydrogens (primary N) is 1. The Balaban J connectivity index is 0.000001000. The van der Waals surface area contributed by atoms with Gasteiger partial charge in [-0.3, -0.25) is 0 Å². The van der Waals surface area contributed by atoms with Gasteiger partial charge in [0.2, 0.25) is 0 Å². The van der Waals surface area contributed by atoms with E-state index in [4.69, 9.17) is 5.73 Å². The summed E-state index contributed by atoms with van der Waals surface area (Å²) in [7, 11) is 0. The molecule has 0 amide bonds. The minimum Gasteiger partial charge on any atom is -0.328 e. The monoisotopic (exact) mass is 171 g/mol. The summed E-state index contributed by atoms with van der Waals surface area (Å²) in [5.41, 5.74) is 6.94. The molecule has 0 radical (unpaired) electrons. The van der Waals surface area contributed by atoms with Crippen molar-refractivity contribution in [2.45, 2.75) is 19.4 Å². The molecule has 62 valence electrons. The first-order valence-corrected chi connectivity index (χ1v) is 3.58. The topological polar surface area (TPSA) is 26.0 Å². The highest BCUT2D eigenvalue weighted by Crippen LogP contribution is 2.00. The van der Waals surface area contributed by atoms with Crippen LogP contribution in [0.3, 0.4) is 0 Å². The van der Waals surface area contributed by atoms with Crippen molar-refractivity contribution in [3.8, 4) is 0 Å². The smallest absolute Gasteiger partial charge is 0.00509 e. The first-order chi connectivity index (χ1) is 4.79. The van der Waals surface area contributed by atoms with Crippen LogP contribution in [0.5, 0.6) is 0 Å². The Labute approximate surface area is 74.0 Å². The lowest BCUT2D eigenvalue weighted by atomic mass is 10.1. The Hall–Kier alpha value is -0.530. The lowest BCUT2D eigenvalue weighted by Crippen LogP contribution is -2.17. The van der Waals surface area contributed by atoms with Crippen molar-refractivity contribution in [1.29, 1.82) is 0 Å². The molecule has 0 aliphatic heterocycles. The van der Waals surface area contributed by atoms with Gasteiger partial charge in [0.1, 0.15) is 0 Å². The van der Waals surface area contributed by atoms with Gasteiger partial charge in [0, 0.05) is 6.04 Å². The average molecular weight is 172 g/mol. The zero-order valence-electron chi connectivity index (χ0n) is 6.66. The molecule has 1 nitrogen and oxygen atoms in total. The van der Waals surface area contributed by atoms with Crippen LogP contribution < -0.4 is 5.73 Å². The van der Waals surface area contributed by atoms with E-state index in [-0.39, 0.29) is 18.4 Å². The van der Waals surface area contributed by atoms with Crippen molar-refractivity contribution in [3.63, 3.8) is 0 Å². The molecule has 1 atom stereocenters. The van der Waals surface area contributed by atoms with Gasteiger partial charge in [-0.1, -0.05) is 30.3 Å². The van der Waals surface area contributed by atoms with Gasteiger partial charge in [-0.25, -0.2) is 0 Å². The van der Waals surface area contributed by atoms with Crippen LogP contribution in [0.15, 0.2) is 30.3 Å². The molecule has 1 aromatic carbocycles. The second-order valence-corrected chi connectivity index (χ2v) is 2.67. The van der Waals surface area contributed by atoms with E-state index in [2.05, 4.69) is 12.1 Å². The molecule has 11 heavy (non-hydrogen) atoms. The first-order valence-electron chi connectivity index (χ1n) is 3.58. The van der Waals surface area contributed by atoms with Crippen LogP contribution in [0.4, 0.5) is 0 Å². The van der Waals surface area contributed by atoms with E-state index in [1.54, 1.807) is 0 Å². The lowest BCUT2D eigenvalue weighted by Gasteiger charge is -2.02. The summed E-state index contributed by atoms with van der Waals surface area (Å²) in [6.45, 7) is 2.02. The van der Waals surface area contributed by atoms with E-state index in [1.807, 2.05) is 25.1 Å². The molecule has 1 rings (SSSR count). The second kappa shape index (κ2) is 5.16. The summed E-state index contributed by atoms with van der Waals surface area (Å²) in [6, 6.07) is 10.6. The Morgan fingerprint density at radius 3 is 2.27 bits per heavy atom. The zero-order valence-corrected chi connectivity index (χ0v) is 7.47. The quantitative estimate of drug-likeness (QED) is 0.724. The summed E-state index contributed by atoms with van der Waals surface area (Å²) < 4.78 is 0. The fourth-order valence-electron chi connectivity index (χ4n) is 0.986. The molecule has 0 aliphatic rings. The van der Waals surface area contributed by atoms with E-state index < -0.39 is 0 Å². The molecule has 0 aromatic heterocycles. The minimum absolute atomic E-state index is 0. The number of rotatable bonds is 2. The van der Waals surface area contributed by atoms with Crippen molar-refractivity contribution in [3.05, 3.63) is 35.9 Å². The highest BCUT2D eigenvalue weighted by Gasteiger charge is 1.94. The Kier molecular flexibility index (Phi) is 4.92. The molecule has 2 heteroatoms. The Morgan fingerprint density at radius 1 is 1.27 bits per heavy atom. The molecule has 1 aromatic rings. The van der Waals surface area contributed by atoms with E-state index in [0.717, 1.165) is 6.42 Å². The lowest BCUT2D eigenvalue weighted by molar-refractivity contribution is 0.738. The third kappa shape index (κ3) is 4.02. The third-order valence-electron chi connectivity index (χ3n) is 1.40. The average Bonchev–Trinajstić information content (AvgIpc) is 1.88. The predicted octanol–water partition coefficient (Wildman–Crippen LogP) is 2.00. The van der Waals surface area contributed by atoms with Gasteiger partial charge in [-0.15, -0.1) is 12.4 Å². The van der Waals surface area contributed by atoms with Crippen LogP contribution in [0, 0.1) is 0 Å². The highest BCUT2D eigenvalue weighted by atomic mass is 35.5. The maximum atomic E-state index is 5.62. The predicted molar refractivity (Wildman–Crippen MR) is 51.0 cm³/mol. The molecule has 0 unspecified atom stereocenters. The summed E-state index contributed by atoms with van der Waals surface area (Å²) in [6.07, 6.45) is 0.973. The number of hydrogen-bond acceptors (Lipinski definition) is 1. The summed E-state index contributed by atoms with van der Waals surface area (Å²) in [4.78, 5) is 0. The molecule has 2 N–H and O–H groups in total. The third-order valence-corrected chi connectivity index (χ3v) is 1.40. The second-order valence-electron chi connectivity index (χ2n) is 2.67. The van der Waals surface area contributed by atoms with Gasteiger partial charge in [-0.2, -0.15) is 0 Å². The first kappa shape index (κ1) is 10.5. The normalized spacial score (nSPS) is 11.8. The molecule has 0 saturated heterocycles. The number of halogens is 1. The molecular weight excluding hydrogens is 158 g/mol. The van der Waals surface area contributed by atoms with Crippen molar-refractivity contribution in [1.82, 2.24) is 0 Å². The molecule has 0 bridgehead atoms. The van der Waals surface area contributed by atoms with Gasteiger partial charge in [-0.05, 0) is 18.9 Å². The highest BCUT2D eigenvalue weighted by molar-refractivity contribution is 5.85. The summed E-state index contributed by atoms with van der Waals surface area (Å²) >= 11 is 0. The van der Waals surface area contributed by atoms with Gasteiger partial charge in [0.05, 0.1) is 0 Å². The Bertz CT molecular complexity index is 184. The fraction of sp³-hybridized carbons (Fsp3) is 0.333. The fourth-order valence-corrected chi connectivity index (χ4v) is 0.986. The SMILES string of the molecule is C[C@@H](N)Cc1ccccc1.Cl. The Morgan fingerprint density at radius 2 is 1.82 bits per heavy atom. The summed E-state index contributed by atoms with van der Waals surface area (Å²) in [5.74, 6) is 0. The van der Waals surface area contributed by atoms with Gasteiger partial charge < -0.3 is 5.73 Å². The summed E-state index contributed by atoms with van der Waals surface area (Å²) in [5, 5.41) is 0. The minimum atomic E-state index is 0. The number of benzene rings is 1. The van der Waals surface area contributed by atoms with Crippen LogP contribution >= 0.6 is 12.4 Å². The molecule has 0 aliphatic carbocycles. The largest absolute Gasteiger partial charge is 0.328 e. The van der Waals surface area contributed by atoms with E-state index in [9.17, 15) is 0 Å². The standard InChI is InChI=1S/C9H13N.ClH/c1-8(10)7-9-5-3-2-4-6-9;/h2-6,8H,7,10H2,1H3;1H/t8-;/m1./s1. The molecule has 0 saturated carbocycles. The van der Waals surface area contributed by atoms with Crippen LogP contribution in [0.2, 0.25) is 0 Å². The van der Waals surface area contributed by atoms with Gasteiger partial charge in [0.15, 0.2) is 0 Å². The van der Waals surface area contributed by atoms with Crippen LogP contribution in [-0.4, -0.2) is 6.04 Å². The van der Waals surface area contributed by atoms with E-state index in [1.165, 1.54) is 5.56 Å². The maximum Gasteiger partial charge on any atom is 0.00509 e. The van der Waals surface area contributed by atoms with Gasteiger partial charge in [0.25, 0.3) is 0 Å². The van der Waals surface area contributed by atoms with Crippen LogP contribution in [-0.2, 0) is 6.42 Å². The van der Waals surface area contributed by atoms with Crippen molar-refractivity contribution in [2.24, 2.45) is 5.73 Å². The zero-order chi connectivity index (χ0) is 7.40. The molecule has 0 fully saturated rings. The molecule has 0 heterocycles. The van der Waals surface area contributed by atoms with Crippen molar-refractivity contribution in [2.75, 3.05) is 0 Å².